The molecule has 22 heavy (non-hydrogen) atoms. The molecule has 110 valence electrons. The van der Waals surface area contributed by atoms with Crippen LogP contribution in [0.25, 0.3) is 11.3 Å². The van der Waals surface area contributed by atoms with E-state index in [1.165, 1.54) is 6.26 Å². The summed E-state index contributed by atoms with van der Waals surface area (Å²) in [5, 5.41) is 6.73. The summed E-state index contributed by atoms with van der Waals surface area (Å²) in [5.74, 6) is 0.457. The predicted octanol–water partition coefficient (Wildman–Crippen LogP) is 3.60. The van der Waals surface area contributed by atoms with Gasteiger partial charge in [-0.25, -0.2) is 0 Å². The first-order chi connectivity index (χ1) is 10.8. The third-order valence-electron chi connectivity index (χ3n) is 3.21. The topological polar surface area (TPSA) is 64.4 Å². The van der Waals surface area contributed by atoms with Crippen molar-refractivity contribution in [2.75, 3.05) is 12.4 Å². The fourth-order valence-electron chi connectivity index (χ4n) is 2.07. The number of aromatic nitrogens is 1. The molecule has 0 saturated carbocycles. The van der Waals surface area contributed by atoms with E-state index in [1.807, 2.05) is 30.3 Å². The van der Waals surface area contributed by atoms with Crippen molar-refractivity contribution < 1.29 is 14.1 Å². The number of ether oxygens (including phenoxy) is 1. The fraction of sp³-hybridized carbons (Fsp3) is 0.0588. The molecule has 0 saturated heterocycles. The summed E-state index contributed by atoms with van der Waals surface area (Å²) in [6.07, 6.45) is 1.35. The number of anilines is 1. The highest BCUT2D eigenvalue weighted by Gasteiger charge is 2.17. The quantitative estimate of drug-likeness (QED) is 0.798. The van der Waals surface area contributed by atoms with Gasteiger partial charge in [-0.15, -0.1) is 0 Å². The maximum Gasteiger partial charge on any atom is 0.261 e. The van der Waals surface area contributed by atoms with Gasteiger partial charge in [-0.1, -0.05) is 35.5 Å². The first-order valence-electron chi connectivity index (χ1n) is 6.73. The van der Waals surface area contributed by atoms with Gasteiger partial charge < -0.3 is 14.6 Å². The van der Waals surface area contributed by atoms with Gasteiger partial charge in [-0.3, -0.25) is 4.79 Å². The lowest BCUT2D eigenvalue weighted by atomic mass is 10.1. The number of benzene rings is 2. The molecule has 2 aromatic carbocycles. The molecule has 0 aliphatic rings. The lowest BCUT2D eigenvalue weighted by Crippen LogP contribution is -2.12. The molecule has 0 fully saturated rings. The number of nitrogens with zero attached hydrogens (tertiary/aromatic N) is 1. The monoisotopic (exact) mass is 294 g/mol. The molecule has 0 unspecified atom stereocenters. The zero-order valence-electron chi connectivity index (χ0n) is 11.9. The fourth-order valence-corrected chi connectivity index (χ4v) is 2.07. The third kappa shape index (κ3) is 2.83. The van der Waals surface area contributed by atoms with Gasteiger partial charge in [0.05, 0.1) is 7.11 Å². The molecule has 0 spiro atoms. The van der Waals surface area contributed by atoms with Crippen molar-refractivity contribution in [3.63, 3.8) is 0 Å². The summed E-state index contributed by atoms with van der Waals surface area (Å²) >= 11 is 0. The molecule has 1 amide bonds. The average Bonchev–Trinajstić information content (AvgIpc) is 3.06. The SMILES string of the molecule is COc1ccc(NC(=O)c2conc2-c2ccccc2)cc1. The second kappa shape index (κ2) is 6.13. The van der Waals surface area contributed by atoms with Gasteiger partial charge in [0.2, 0.25) is 0 Å². The first kappa shape index (κ1) is 13.9. The second-order valence-electron chi connectivity index (χ2n) is 4.63. The molecular weight excluding hydrogens is 280 g/mol. The number of carbonyl (C=O) groups excluding carboxylic acids is 1. The van der Waals surface area contributed by atoms with Gasteiger partial charge in [-0.05, 0) is 24.3 Å². The van der Waals surface area contributed by atoms with E-state index in [1.54, 1.807) is 31.4 Å². The van der Waals surface area contributed by atoms with E-state index in [0.29, 0.717) is 16.9 Å². The Balaban J connectivity index is 1.82. The van der Waals surface area contributed by atoms with Crippen LogP contribution in [0.15, 0.2) is 65.4 Å². The Hall–Kier alpha value is -3.08. The van der Waals surface area contributed by atoms with E-state index in [0.717, 1.165) is 11.3 Å². The number of rotatable bonds is 4. The summed E-state index contributed by atoms with van der Waals surface area (Å²) in [5.41, 5.74) is 2.41. The van der Waals surface area contributed by atoms with E-state index in [4.69, 9.17) is 9.26 Å². The molecule has 5 nitrogen and oxygen atoms in total. The highest BCUT2D eigenvalue weighted by molar-refractivity contribution is 6.07. The molecule has 0 atom stereocenters. The normalized spacial score (nSPS) is 10.2. The molecule has 0 aliphatic carbocycles. The van der Waals surface area contributed by atoms with Gasteiger partial charge in [0, 0.05) is 11.3 Å². The standard InChI is InChI=1S/C17H14N2O3/c1-21-14-9-7-13(8-10-14)18-17(20)15-11-22-19-16(15)12-5-3-2-4-6-12/h2-11H,1H3,(H,18,20). The molecule has 5 heteroatoms. The molecule has 3 aromatic rings. The molecule has 0 radical (unpaired) electrons. The van der Waals surface area contributed by atoms with E-state index in [9.17, 15) is 4.79 Å². The van der Waals surface area contributed by atoms with Crippen molar-refractivity contribution in [2.45, 2.75) is 0 Å². The Bertz CT molecular complexity index is 764. The molecule has 0 aliphatic heterocycles. The summed E-state index contributed by atoms with van der Waals surface area (Å²) < 4.78 is 10.1. The number of carbonyl (C=O) groups is 1. The van der Waals surface area contributed by atoms with Crippen LogP contribution < -0.4 is 10.1 Å². The molecule has 1 N–H and O–H groups in total. The zero-order chi connectivity index (χ0) is 15.4. The Labute approximate surface area is 127 Å². The lowest BCUT2D eigenvalue weighted by molar-refractivity contribution is 0.102. The van der Waals surface area contributed by atoms with Crippen LogP contribution in [0.3, 0.4) is 0 Å². The molecule has 3 rings (SSSR count). The van der Waals surface area contributed by atoms with E-state index in [2.05, 4.69) is 10.5 Å². The van der Waals surface area contributed by atoms with Crippen molar-refractivity contribution >= 4 is 11.6 Å². The maximum absolute atomic E-state index is 12.4. The van der Waals surface area contributed by atoms with Gasteiger partial charge in [-0.2, -0.15) is 0 Å². The number of hydrogen-bond donors (Lipinski definition) is 1. The van der Waals surface area contributed by atoms with Gasteiger partial charge in [0.1, 0.15) is 23.3 Å². The van der Waals surface area contributed by atoms with E-state index >= 15 is 0 Å². The van der Waals surface area contributed by atoms with E-state index in [-0.39, 0.29) is 5.91 Å². The summed E-state index contributed by atoms with van der Waals surface area (Å²) in [4.78, 5) is 12.4. The summed E-state index contributed by atoms with van der Waals surface area (Å²) in [6, 6.07) is 16.5. The van der Waals surface area contributed by atoms with Crippen LogP contribution in [0.5, 0.6) is 5.75 Å². The Morgan fingerprint density at radius 3 is 2.50 bits per heavy atom. The zero-order valence-corrected chi connectivity index (χ0v) is 11.9. The minimum absolute atomic E-state index is 0.273. The van der Waals surface area contributed by atoms with Crippen molar-refractivity contribution in [1.82, 2.24) is 5.16 Å². The molecule has 1 heterocycles. The molecular formula is C17H14N2O3. The van der Waals surface area contributed by atoms with Crippen LogP contribution >= 0.6 is 0 Å². The Morgan fingerprint density at radius 2 is 1.82 bits per heavy atom. The largest absolute Gasteiger partial charge is 0.497 e. The molecule has 1 aromatic heterocycles. The third-order valence-corrected chi connectivity index (χ3v) is 3.21. The van der Waals surface area contributed by atoms with Crippen molar-refractivity contribution in [3.05, 3.63) is 66.4 Å². The van der Waals surface area contributed by atoms with Crippen molar-refractivity contribution in [1.29, 1.82) is 0 Å². The highest BCUT2D eigenvalue weighted by Crippen LogP contribution is 2.23. The number of methoxy groups -OCH3 is 1. The Morgan fingerprint density at radius 1 is 1.09 bits per heavy atom. The van der Waals surface area contributed by atoms with Gasteiger partial charge in [0.15, 0.2) is 0 Å². The number of hydrogen-bond acceptors (Lipinski definition) is 4. The Kier molecular flexibility index (Phi) is 3.87. The van der Waals surface area contributed by atoms with Crippen molar-refractivity contribution in [3.8, 4) is 17.0 Å². The highest BCUT2D eigenvalue weighted by atomic mass is 16.5. The predicted molar refractivity (Wildman–Crippen MR) is 82.9 cm³/mol. The van der Waals surface area contributed by atoms with Crippen LogP contribution in [0.1, 0.15) is 10.4 Å². The smallest absolute Gasteiger partial charge is 0.261 e. The maximum atomic E-state index is 12.4. The number of nitrogens with one attached hydrogen (secondary N) is 1. The molecule has 0 bridgehead atoms. The first-order valence-corrected chi connectivity index (χ1v) is 6.73. The van der Waals surface area contributed by atoms with Crippen LogP contribution in [-0.4, -0.2) is 18.2 Å². The lowest BCUT2D eigenvalue weighted by Gasteiger charge is -2.06. The minimum Gasteiger partial charge on any atom is -0.497 e. The second-order valence-corrected chi connectivity index (χ2v) is 4.63. The van der Waals surface area contributed by atoms with Crippen molar-refractivity contribution in [2.24, 2.45) is 0 Å². The van der Waals surface area contributed by atoms with Gasteiger partial charge >= 0.3 is 0 Å². The van der Waals surface area contributed by atoms with Gasteiger partial charge in [0.25, 0.3) is 5.91 Å². The van der Waals surface area contributed by atoms with Crippen LogP contribution in [0.2, 0.25) is 0 Å². The van der Waals surface area contributed by atoms with Crippen LogP contribution in [-0.2, 0) is 0 Å². The van der Waals surface area contributed by atoms with Crippen LogP contribution in [0.4, 0.5) is 5.69 Å². The average molecular weight is 294 g/mol. The summed E-state index contributed by atoms with van der Waals surface area (Å²) in [6.45, 7) is 0. The summed E-state index contributed by atoms with van der Waals surface area (Å²) in [7, 11) is 1.59. The minimum atomic E-state index is -0.273. The van der Waals surface area contributed by atoms with E-state index < -0.39 is 0 Å². The van der Waals surface area contributed by atoms with Crippen LogP contribution in [0, 0.1) is 0 Å². The number of amides is 1.